The van der Waals surface area contributed by atoms with E-state index in [0.717, 1.165) is 0 Å². The normalized spacial score (nSPS) is 11.2. The van der Waals surface area contributed by atoms with E-state index in [2.05, 4.69) is 66.9 Å². The molecule has 2 rings (SSSR count). The lowest BCUT2D eigenvalue weighted by atomic mass is 10.2. The van der Waals surface area contributed by atoms with E-state index in [0.29, 0.717) is 0 Å². The first-order valence-electron chi connectivity index (χ1n) is 5.61. The van der Waals surface area contributed by atoms with Gasteiger partial charge in [-0.2, -0.15) is 0 Å². The standard InChI is InChI=1S/C15H18S/c1-16(12-14-8-4-2-5-9-14)13-15-10-6-3-7-11-15/h2-11,16H,12-13H2,1H3. The SMILES string of the molecule is C[SH](Cc1ccccc1)Cc1ccccc1. The van der Waals surface area contributed by atoms with E-state index in [1.807, 2.05) is 0 Å². The Kier molecular flexibility index (Phi) is 4.06. The van der Waals surface area contributed by atoms with Gasteiger partial charge in [0, 0.05) is 11.5 Å². The highest BCUT2D eigenvalue weighted by Crippen LogP contribution is 2.30. The van der Waals surface area contributed by atoms with Crippen LogP contribution in [0, 0.1) is 0 Å². The van der Waals surface area contributed by atoms with Crippen molar-refractivity contribution in [2.75, 3.05) is 6.26 Å². The Bertz CT molecular complexity index is 366. The van der Waals surface area contributed by atoms with E-state index in [1.54, 1.807) is 0 Å². The zero-order valence-corrected chi connectivity index (χ0v) is 10.5. The van der Waals surface area contributed by atoms with Crippen molar-refractivity contribution >= 4 is 10.9 Å². The van der Waals surface area contributed by atoms with Crippen LogP contribution in [0.4, 0.5) is 0 Å². The van der Waals surface area contributed by atoms with Gasteiger partial charge in [-0.25, -0.2) is 10.9 Å². The molecule has 0 aromatic heterocycles. The second kappa shape index (κ2) is 5.76. The van der Waals surface area contributed by atoms with Gasteiger partial charge in [0.05, 0.1) is 0 Å². The molecule has 0 atom stereocenters. The van der Waals surface area contributed by atoms with Crippen LogP contribution in [0.15, 0.2) is 60.7 Å². The zero-order valence-electron chi connectivity index (χ0n) is 9.63. The predicted octanol–water partition coefficient (Wildman–Crippen LogP) is 4.02. The lowest BCUT2D eigenvalue weighted by Crippen LogP contribution is -1.90. The highest BCUT2D eigenvalue weighted by atomic mass is 32.2. The molecule has 2 aromatic carbocycles. The van der Waals surface area contributed by atoms with Crippen molar-refractivity contribution in [2.45, 2.75) is 11.5 Å². The summed E-state index contributed by atoms with van der Waals surface area (Å²) in [5.74, 6) is 2.45. The summed E-state index contributed by atoms with van der Waals surface area (Å²) in [6, 6.07) is 21.6. The van der Waals surface area contributed by atoms with Gasteiger partial charge >= 0.3 is 0 Å². The Hall–Kier alpha value is -1.21. The number of thiol groups is 1. The van der Waals surface area contributed by atoms with Crippen molar-refractivity contribution in [3.8, 4) is 0 Å². The monoisotopic (exact) mass is 230 g/mol. The summed E-state index contributed by atoms with van der Waals surface area (Å²) in [4.78, 5) is 0. The van der Waals surface area contributed by atoms with Crippen molar-refractivity contribution in [1.29, 1.82) is 0 Å². The zero-order chi connectivity index (χ0) is 11.2. The minimum absolute atomic E-state index is 0.0669. The van der Waals surface area contributed by atoms with Crippen LogP contribution in [-0.4, -0.2) is 6.26 Å². The van der Waals surface area contributed by atoms with Crippen LogP contribution in [0.5, 0.6) is 0 Å². The summed E-state index contributed by atoms with van der Waals surface area (Å²) in [5, 5.41) is 0. The molecule has 84 valence electrons. The first kappa shape index (κ1) is 11.3. The maximum atomic E-state index is 2.38. The number of hydrogen-bond donors (Lipinski definition) is 1. The van der Waals surface area contributed by atoms with Crippen LogP contribution in [-0.2, 0) is 11.5 Å². The molecule has 0 radical (unpaired) electrons. The fraction of sp³-hybridized carbons (Fsp3) is 0.200. The van der Waals surface area contributed by atoms with Gasteiger partial charge in [-0.15, -0.1) is 0 Å². The summed E-state index contributed by atoms with van der Waals surface area (Å²) in [7, 11) is 0.0669. The van der Waals surface area contributed by atoms with Crippen molar-refractivity contribution in [2.24, 2.45) is 0 Å². The van der Waals surface area contributed by atoms with Crippen molar-refractivity contribution in [3.05, 3.63) is 71.8 Å². The highest BCUT2D eigenvalue weighted by Gasteiger charge is 2.00. The summed E-state index contributed by atoms with van der Waals surface area (Å²) < 4.78 is 0. The second-order valence-corrected chi connectivity index (χ2v) is 6.49. The highest BCUT2D eigenvalue weighted by molar-refractivity contribution is 8.15. The Morgan fingerprint density at radius 3 is 1.44 bits per heavy atom. The molecule has 0 heterocycles. The first-order valence-corrected chi connectivity index (χ1v) is 7.77. The molecule has 0 fully saturated rings. The molecular formula is C15H18S. The van der Waals surface area contributed by atoms with Crippen LogP contribution >= 0.6 is 10.9 Å². The molecule has 0 saturated heterocycles. The van der Waals surface area contributed by atoms with E-state index in [4.69, 9.17) is 0 Å². The third-order valence-corrected chi connectivity index (χ3v) is 4.40. The molecule has 2 aromatic rings. The molecule has 0 N–H and O–H groups in total. The van der Waals surface area contributed by atoms with E-state index >= 15 is 0 Å². The molecule has 0 saturated carbocycles. The number of hydrogen-bond acceptors (Lipinski definition) is 0. The molecule has 0 aliphatic carbocycles. The fourth-order valence-electron chi connectivity index (χ4n) is 1.85. The van der Waals surface area contributed by atoms with Gasteiger partial charge < -0.3 is 0 Å². The van der Waals surface area contributed by atoms with Crippen molar-refractivity contribution in [3.63, 3.8) is 0 Å². The third kappa shape index (κ3) is 3.42. The molecule has 0 aliphatic heterocycles. The van der Waals surface area contributed by atoms with Gasteiger partial charge in [0.15, 0.2) is 0 Å². The molecule has 0 unspecified atom stereocenters. The summed E-state index contributed by atoms with van der Waals surface area (Å²) >= 11 is 0. The molecule has 0 aliphatic rings. The van der Waals surface area contributed by atoms with Gasteiger partial charge in [-0.3, -0.25) is 0 Å². The topological polar surface area (TPSA) is 0 Å². The quantitative estimate of drug-likeness (QED) is 0.754. The Morgan fingerprint density at radius 2 is 1.06 bits per heavy atom. The minimum atomic E-state index is 0.0669. The minimum Gasteiger partial charge on any atom is -0.248 e. The van der Waals surface area contributed by atoms with Gasteiger partial charge in [0.25, 0.3) is 0 Å². The van der Waals surface area contributed by atoms with Crippen LogP contribution in [0.2, 0.25) is 0 Å². The molecule has 0 spiro atoms. The predicted molar refractivity (Wildman–Crippen MR) is 75.2 cm³/mol. The van der Waals surface area contributed by atoms with Gasteiger partial charge in [-0.05, 0) is 17.4 Å². The molecule has 0 amide bonds. The van der Waals surface area contributed by atoms with Crippen molar-refractivity contribution in [1.82, 2.24) is 0 Å². The lowest BCUT2D eigenvalue weighted by molar-refractivity contribution is 1.35. The van der Waals surface area contributed by atoms with Crippen LogP contribution in [0.3, 0.4) is 0 Å². The average molecular weight is 230 g/mol. The first-order chi connectivity index (χ1) is 7.84. The molecular weight excluding hydrogens is 212 g/mol. The van der Waals surface area contributed by atoms with E-state index in [1.165, 1.54) is 22.6 Å². The Balaban J connectivity index is 1.92. The van der Waals surface area contributed by atoms with E-state index < -0.39 is 0 Å². The average Bonchev–Trinajstić information content (AvgIpc) is 2.31. The van der Waals surface area contributed by atoms with Crippen LogP contribution in [0.1, 0.15) is 11.1 Å². The second-order valence-electron chi connectivity index (χ2n) is 4.14. The summed E-state index contributed by atoms with van der Waals surface area (Å²) in [6.07, 6.45) is 2.38. The van der Waals surface area contributed by atoms with Gasteiger partial charge in [-0.1, -0.05) is 60.7 Å². The summed E-state index contributed by atoms with van der Waals surface area (Å²) in [6.45, 7) is 0. The molecule has 1 heteroatoms. The maximum Gasteiger partial charge on any atom is 0.0000933 e. The Labute approximate surface area is 101 Å². The maximum absolute atomic E-state index is 2.38. The number of benzene rings is 2. The smallest absolute Gasteiger partial charge is 0.0000933 e. The summed E-state index contributed by atoms with van der Waals surface area (Å²) in [5.41, 5.74) is 2.93. The van der Waals surface area contributed by atoms with Crippen LogP contribution in [0.25, 0.3) is 0 Å². The molecule has 0 nitrogen and oxygen atoms in total. The largest absolute Gasteiger partial charge is 0.248 e. The fourth-order valence-corrected chi connectivity index (χ4v) is 3.63. The Morgan fingerprint density at radius 1 is 0.688 bits per heavy atom. The van der Waals surface area contributed by atoms with Crippen LogP contribution < -0.4 is 0 Å². The lowest BCUT2D eigenvalue weighted by Gasteiger charge is -2.16. The van der Waals surface area contributed by atoms with Gasteiger partial charge in [0.1, 0.15) is 0 Å². The van der Waals surface area contributed by atoms with Gasteiger partial charge in [0.2, 0.25) is 0 Å². The number of rotatable bonds is 4. The van der Waals surface area contributed by atoms with E-state index in [-0.39, 0.29) is 10.9 Å². The molecule has 16 heavy (non-hydrogen) atoms. The molecule has 0 bridgehead atoms. The van der Waals surface area contributed by atoms with E-state index in [9.17, 15) is 0 Å². The van der Waals surface area contributed by atoms with Crippen molar-refractivity contribution < 1.29 is 0 Å². The third-order valence-electron chi connectivity index (χ3n) is 2.59.